The monoisotopic (exact) mass is 381 g/mol. The third-order valence-corrected chi connectivity index (χ3v) is 6.57. The number of hydrogen-bond donors (Lipinski definition) is 0. The van der Waals surface area contributed by atoms with Gasteiger partial charge in [-0.2, -0.15) is 0 Å². The first kappa shape index (κ1) is 18.6. The highest BCUT2D eigenvalue weighted by atomic mass is 35.5. The molecule has 4 rings (SSSR count). The van der Waals surface area contributed by atoms with Crippen molar-refractivity contribution in [2.45, 2.75) is 56.9 Å². The molecule has 2 aromatic carbocycles. The minimum atomic E-state index is 0.107. The molecule has 0 radical (unpaired) electrons. The van der Waals surface area contributed by atoms with Crippen LogP contribution in [0.15, 0.2) is 48.5 Å². The zero-order valence-corrected chi connectivity index (χ0v) is 16.8. The first-order valence-corrected chi connectivity index (χ1v) is 10.6. The average Bonchev–Trinajstić information content (AvgIpc) is 3.49. The molecule has 0 spiro atoms. The summed E-state index contributed by atoms with van der Waals surface area (Å²) in [6, 6.07) is 16.7. The molecule has 2 aliphatic rings. The highest BCUT2D eigenvalue weighted by molar-refractivity contribution is 6.31. The van der Waals surface area contributed by atoms with Gasteiger partial charge in [-0.15, -0.1) is 0 Å². The Kier molecular flexibility index (Phi) is 5.54. The maximum Gasteiger partial charge on any atom is 0.226 e. The Morgan fingerprint density at radius 2 is 1.81 bits per heavy atom. The first-order valence-electron chi connectivity index (χ1n) is 10.2. The molecule has 2 unspecified atom stereocenters. The molecule has 0 bridgehead atoms. The van der Waals surface area contributed by atoms with Crippen LogP contribution in [-0.4, -0.2) is 17.9 Å². The Morgan fingerprint density at radius 1 is 1.07 bits per heavy atom. The van der Waals surface area contributed by atoms with Crippen molar-refractivity contribution in [1.29, 1.82) is 0 Å². The summed E-state index contributed by atoms with van der Waals surface area (Å²) in [4.78, 5) is 14.6. The van der Waals surface area contributed by atoms with Crippen molar-refractivity contribution in [2.75, 3.05) is 7.05 Å². The number of carbonyl (C=O) groups excluding carboxylic acids is 1. The second-order valence-corrected chi connectivity index (χ2v) is 8.65. The van der Waals surface area contributed by atoms with Crippen molar-refractivity contribution in [1.82, 2.24) is 4.90 Å². The zero-order valence-electron chi connectivity index (χ0n) is 16.0. The predicted octanol–water partition coefficient (Wildman–Crippen LogP) is 6.15. The van der Waals surface area contributed by atoms with Crippen LogP contribution in [0, 0.1) is 5.92 Å². The summed E-state index contributed by atoms with van der Waals surface area (Å²) < 4.78 is 0. The number of nitrogens with zero attached hydrogens (tertiary/aromatic N) is 1. The Hall–Kier alpha value is -1.80. The lowest BCUT2D eigenvalue weighted by molar-refractivity contribution is -0.131. The van der Waals surface area contributed by atoms with E-state index in [9.17, 15) is 4.79 Å². The third kappa shape index (κ3) is 4.21. The van der Waals surface area contributed by atoms with Crippen molar-refractivity contribution < 1.29 is 4.79 Å². The summed E-state index contributed by atoms with van der Waals surface area (Å²) in [5, 5.41) is 0.898. The van der Waals surface area contributed by atoms with Crippen LogP contribution in [0.4, 0.5) is 0 Å². The van der Waals surface area contributed by atoms with Gasteiger partial charge in [-0.1, -0.05) is 73.3 Å². The quantitative estimate of drug-likeness (QED) is 0.608. The van der Waals surface area contributed by atoms with E-state index in [-0.39, 0.29) is 11.8 Å². The number of amides is 1. The average molecular weight is 382 g/mol. The van der Waals surface area contributed by atoms with Gasteiger partial charge < -0.3 is 4.90 Å². The van der Waals surface area contributed by atoms with Crippen LogP contribution in [0.1, 0.15) is 67.1 Å². The molecule has 0 heterocycles. The number of benzene rings is 2. The van der Waals surface area contributed by atoms with Crippen molar-refractivity contribution in [3.63, 3.8) is 0 Å². The lowest BCUT2D eigenvalue weighted by Crippen LogP contribution is -2.28. The lowest BCUT2D eigenvalue weighted by atomic mass is 9.83. The predicted molar refractivity (Wildman–Crippen MR) is 111 cm³/mol. The summed E-state index contributed by atoms with van der Waals surface area (Å²) in [7, 11) is 1.91. The zero-order chi connectivity index (χ0) is 18.8. The molecule has 142 valence electrons. The SMILES string of the molecule is CN(Cc1ccccc1)C(=O)C1CC1c1ccc(C2CCCCC2)c(Cl)c1. The van der Waals surface area contributed by atoms with Gasteiger partial charge in [0.25, 0.3) is 0 Å². The van der Waals surface area contributed by atoms with Crippen LogP contribution >= 0.6 is 11.6 Å². The minimum absolute atomic E-state index is 0.107. The van der Waals surface area contributed by atoms with Crippen molar-refractivity contribution >= 4 is 17.5 Å². The molecule has 2 atom stereocenters. The summed E-state index contributed by atoms with van der Waals surface area (Å²) in [6.45, 7) is 0.671. The van der Waals surface area contributed by atoms with Gasteiger partial charge in [-0.25, -0.2) is 0 Å². The van der Waals surface area contributed by atoms with Gasteiger partial charge in [-0.05, 0) is 53.9 Å². The maximum atomic E-state index is 12.8. The van der Waals surface area contributed by atoms with E-state index in [1.54, 1.807) is 0 Å². The van der Waals surface area contributed by atoms with Gasteiger partial charge in [-0.3, -0.25) is 4.79 Å². The van der Waals surface area contributed by atoms with Crippen LogP contribution in [0.2, 0.25) is 5.02 Å². The Balaban J connectivity index is 1.39. The van der Waals surface area contributed by atoms with E-state index in [4.69, 9.17) is 11.6 Å². The molecule has 2 saturated carbocycles. The van der Waals surface area contributed by atoms with Gasteiger partial charge in [0.2, 0.25) is 5.91 Å². The van der Waals surface area contributed by atoms with Crippen LogP contribution < -0.4 is 0 Å². The minimum Gasteiger partial charge on any atom is -0.341 e. The van der Waals surface area contributed by atoms with E-state index in [1.807, 2.05) is 30.1 Å². The molecular weight excluding hydrogens is 354 g/mol. The Morgan fingerprint density at radius 3 is 2.52 bits per heavy atom. The van der Waals surface area contributed by atoms with Gasteiger partial charge in [0, 0.05) is 24.5 Å². The van der Waals surface area contributed by atoms with Gasteiger partial charge in [0.05, 0.1) is 0 Å². The van der Waals surface area contributed by atoms with Crippen LogP contribution in [0.3, 0.4) is 0 Å². The van der Waals surface area contributed by atoms with Crippen molar-refractivity contribution in [2.24, 2.45) is 5.92 Å². The lowest BCUT2D eigenvalue weighted by Gasteiger charge is -2.23. The fourth-order valence-electron chi connectivity index (χ4n) is 4.57. The van der Waals surface area contributed by atoms with E-state index < -0.39 is 0 Å². The fourth-order valence-corrected chi connectivity index (χ4v) is 4.92. The molecular formula is C24H28ClNO. The summed E-state index contributed by atoms with van der Waals surface area (Å²) in [5.41, 5.74) is 3.71. The third-order valence-electron chi connectivity index (χ3n) is 6.24. The molecule has 2 fully saturated rings. The number of halogens is 1. The van der Waals surface area contributed by atoms with Gasteiger partial charge in [0.15, 0.2) is 0 Å². The van der Waals surface area contributed by atoms with Crippen LogP contribution in [0.25, 0.3) is 0 Å². The van der Waals surface area contributed by atoms with Gasteiger partial charge >= 0.3 is 0 Å². The van der Waals surface area contributed by atoms with E-state index in [0.29, 0.717) is 18.4 Å². The summed E-state index contributed by atoms with van der Waals surface area (Å²) in [5.74, 6) is 1.30. The van der Waals surface area contributed by atoms with Crippen LogP contribution in [0.5, 0.6) is 0 Å². The summed E-state index contributed by atoms with van der Waals surface area (Å²) in [6.07, 6.45) is 7.44. The molecule has 2 aromatic rings. The normalized spacial score (nSPS) is 22.4. The number of hydrogen-bond acceptors (Lipinski definition) is 1. The molecule has 27 heavy (non-hydrogen) atoms. The van der Waals surface area contributed by atoms with E-state index in [1.165, 1.54) is 48.8 Å². The molecule has 2 nitrogen and oxygen atoms in total. The van der Waals surface area contributed by atoms with Crippen molar-refractivity contribution in [3.05, 3.63) is 70.2 Å². The largest absolute Gasteiger partial charge is 0.341 e. The summed E-state index contributed by atoms with van der Waals surface area (Å²) >= 11 is 6.64. The highest BCUT2D eigenvalue weighted by Crippen LogP contribution is 2.49. The standard InChI is InChI=1S/C24H28ClNO/c1-26(16-17-8-4-2-5-9-17)24(27)22-15-21(22)19-12-13-20(23(25)14-19)18-10-6-3-7-11-18/h2,4-5,8-9,12-14,18,21-22H,3,6-7,10-11,15-16H2,1H3. The molecule has 2 aliphatic carbocycles. The highest BCUT2D eigenvalue weighted by Gasteiger charge is 2.45. The van der Waals surface area contributed by atoms with Crippen molar-refractivity contribution in [3.8, 4) is 0 Å². The smallest absolute Gasteiger partial charge is 0.226 e. The second-order valence-electron chi connectivity index (χ2n) is 8.24. The number of carbonyl (C=O) groups is 1. The van der Waals surface area contributed by atoms with Crippen LogP contribution in [-0.2, 0) is 11.3 Å². The second kappa shape index (κ2) is 8.06. The Labute approximate surface area is 167 Å². The molecule has 0 aromatic heterocycles. The molecule has 0 N–H and O–H groups in total. The van der Waals surface area contributed by atoms with E-state index >= 15 is 0 Å². The molecule has 3 heteroatoms. The first-order chi connectivity index (χ1) is 13.1. The fraction of sp³-hybridized carbons (Fsp3) is 0.458. The molecule has 0 aliphatic heterocycles. The van der Waals surface area contributed by atoms with E-state index in [0.717, 1.165) is 11.4 Å². The van der Waals surface area contributed by atoms with E-state index in [2.05, 4.69) is 30.3 Å². The molecule has 1 amide bonds. The molecule has 0 saturated heterocycles. The number of rotatable bonds is 5. The topological polar surface area (TPSA) is 20.3 Å². The maximum absolute atomic E-state index is 12.8. The Bertz CT molecular complexity index is 797. The van der Waals surface area contributed by atoms with Gasteiger partial charge in [0.1, 0.15) is 0 Å².